The number of likely N-dealkylation sites (tertiary alicyclic amines) is 1. The van der Waals surface area contributed by atoms with E-state index in [2.05, 4.69) is 27.9 Å². The molecule has 6 nitrogen and oxygen atoms in total. The van der Waals surface area contributed by atoms with E-state index in [4.69, 9.17) is 0 Å². The minimum Gasteiger partial charge on any atom is -0.307 e. The molecule has 1 heterocycles. The van der Waals surface area contributed by atoms with Crippen molar-refractivity contribution >= 4 is 73.1 Å². The summed E-state index contributed by atoms with van der Waals surface area (Å²) in [7, 11) is -3.64. The molecule has 1 saturated heterocycles. The first-order chi connectivity index (χ1) is 13.4. The fourth-order valence-corrected chi connectivity index (χ4v) is 6.69. The molecule has 2 amide bonds. The Bertz CT molecular complexity index is 889. The smallest absolute Gasteiger partial charge is 0.307 e. The van der Waals surface area contributed by atoms with Crippen LogP contribution < -0.4 is 10.0 Å². The predicted molar refractivity (Wildman–Crippen MR) is 115 cm³/mol. The zero-order valence-corrected chi connectivity index (χ0v) is 21.4. The SMILES string of the molecule is CC1CC(N2CC(S(=O)(=O)NC(=O)Nc3c4c(cc5c3CCC5)CCC4)C2)C1.[K]. The van der Waals surface area contributed by atoms with Crippen molar-refractivity contribution in [3.05, 3.63) is 28.3 Å². The normalized spacial score (nSPS) is 26.0. The molecule has 0 bridgehead atoms. The molecule has 29 heavy (non-hydrogen) atoms. The van der Waals surface area contributed by atoms with Crippen LogP contribution in [0.15, 0.2) is 6.07 Å². The summed E-state index contributed by atoms with van der Waals surface area (Å²) in [4.78, 5) is 14.8. The second-order valence-corrected chi connectivity index (χ2v) is 11.1. The summed E-state index contributed by atoms with van der Waals surface area (Å²) in [5.41, 5.74) is 5.95. The standard InChI is InChI=1S/C21H29N3O3S.K/c1-13-8-16(9-13)24-11-17(12-24)28(26,27)23-21(25)22-20-18-6-2-4-14(18)10-15-5-3-7-19(15)20;/h10,13,16-17H,2-9,11-12H2,1H3,(H2,22,23,25);. The van der Waals surface area contributed by atoms with Gasteiger partial charge in [-0.3, -0.25) is 4.90 Å². The van der Waals surface area contributed by atoms with Gasteiger partial charge in [0.05, 0.1) is 0 Å². The number of nitrogens with one attached hydrogen (secondary N) is 2. The number of fused-ring (bicyclic) bond motifs is 2. The van der Waals surface area contributed by atoms with Gasteiger partial charge in [0.2, 0.25) is 10.0 Å². The molecule has 0 spiro atoms. The number of hydrogen-bond donors (Lipinski definition) is 2. The number of sulfonamides is 1. The van der Waals surface area contributed by atoms with E-state index < -0.39 is 21.3 Å². The zero-order valence-electron chi connectivity index (χ0n) is 17.5. The van der Waals surface area contributed by atoms with Crippen LogP contribution in [-0.2, 0) is 35.7 Å². The third kappa shape index (κ3) is 4.23. The Hall–Kier alpha value is 0.0364. The van der Waals surface area contributed by atoms with Gasteiger partial charge in [0.15, 0.2) is 0 Å². The van der Waals surface area contributed by atoms with Gasteiger partial charge in [-0.2, -0.15) is 0 Å². The average molecular weight is 443 g/mol. The van der Waals surface area contributed by atoms with Gasteiger partial charge in [0.1, 0.15) is 5.25 Å². The molecule has 1 radical (unpaired) electrons. The maximum atomic E-state index is 12.6. The van der Waals surface area contributed by atoms with Crippen molar-refractivity contribution in [3.8, 4) is 0 Å². The number of anilines is 1. The van der Waals surface area contributed by atoms with Crippen molar-refractivity contribution < 1.29 is 13.2 Å². The van der Waals surface area contributed by atoms with Crippen LogP contribution in [0.1, 0.15) is 54.9 Å². The number of carbonyl (C=O) groups is 1. The molecule has 1 aliphatic heterocycles. The minimum absolute atomic E-state index is 0. The molecule has 153 valence electrons. The molecule has 2 fully saturated rings. The number of carbonyl (C=O) groups excluding carboxylic acids is 1. The van der Waals surface area contributed by atoms with Crippen LogP contribution >= 0.6 is 0 Å². The summed E-state index contributed by atoms with van der Waals surface area (Å²) in [6.07, 6.45) is 8.54. The van der Waals surface area contributed by atoms with Crippen molar-refractivity contribution in [3.63, 3.8) is 0 Å². The van der Waals surface area contributed by atoms with Crippen molar-refractivity contribution in [2.24, 2.45) is 5.92 Å². The van der Waals surface area contributed by atoms with Gasteiger partial charge in [0, 0.05) is 76.2 Å². The van der Waals surface area contributed by atoms with E-state index in [1.807, 2.05) is 0 Å². The molecule has 8 heteroatoms. The van der Waals surface area contributed by atoms with Gasteiger partial charge >= 0.3 is 6.03 Å². The van der Waals surface area contributed by atoms with E-state index in [9.17, 15) is 13.2 Å². The van der Waals surface area contributed by atoms with Gasteiger partial charge in [-0.05, 0) is 79.5 Å². The molecule has 5 rings (SSSR count). The monoisotopic (exact) mass is 442 g/mol. The van der Waals surface area contributed by atoms with Crippen molar-refractivity contribution in [2.75, 3.05) is 18.4 Å². The Kier molecular flexibility index (Phi) is 6.54. The van der Waals surface area contributed by atoms with Crippen molar-refractivity contribution in [1.29, 1.82) is 0 Å². The van der Waals surface area contributed by atoms with Gasteiger partial charge in [-0.1, -0.05) is 13.0 Å². The minimum atomic E-state index is -3.64. The van der Waals surface area contributed by atoms with E-state index in [0.29, 0.717) is 19.1 Å². The molecule has 1 aromatic rings. The molecular weight excluding hydrogens is 413 g/mol. The summed E-state index contributed by atoms with van der Waals surface area (Å²) in [5, 5.41) is 2.44. The summed E-state index contributed by atoms with van der Waals surface area (Å²) in [6, 6.07) is 2.23. The van der Waals surface area contributed by atoms with E-state index in [1.165, 1.54) is 22.3 Å². The Balaban J connectivity index is 0.00000205. The molecule has 0 unspecified atom stereocenters. The molecule has 0 atom stereocenters. The van der Waals surface area contributed by atoms with Crippen LogP contribution in [0.3, 0.4) is 0 Å². The topological polar surface area (TPSA) is 78.5 Å². The molecule has 4 aliphatic rings. The molecule has 3 aliphatic carbocycles. The van der Waals surface area contributed by atoms with E-state index >= 15 is 0 Å². The van der Waals surface area contributed by atoms with Crippen LogP contribution in [-0.4, -0.2) is 95.1 Å². The molecule has 1 saturated carbocycles. The van der Waals surface area contributed by atoms with Crippen LogP contribution in [0.2, 0.25) is 0 Å². The van der Waals surface area contributed by atoms with Crippen LogP contribution in [0.4, 0.5) is 10.5 Å². The van der Waals surface area contributed by atoms with Crippen LogP contribution in [0.5, 0.6) is 0 Å². The first kappa shape index (κ1) is 22.2. The second-order valence-electron chi connectivity index (χ2n) is 9.14. The second kappa shape index (κ2) is 8.52. The zero-order chi connectivity index (χ0) is 19.5. The number of amides is 2. The summed E-state index contributed by atoms with van der Waals surface area (Å²) < 4.78 is 27.5. The van der Waals surface area contributed by atoms with Gasteiger partial charge in [-0.25, -0.2) is 17.9 Å². The van der Waals surface area contributed by atoms with Crippen molar-refractivity contribution in [2.45, 2.75) is 69.6 Å². The largest absolute Gasteiger partial charge is 0.332 e. The maximum absolute atomic E-state index is 12.6. The summed E-state index contributed by atoms with van der Waals surface area (Å²) >= 11 is 0. The maximum Gasteiger partial charge on any atom is 0.332 e. The summed E-state index contributed by atoms with van der Waals surface area (Å²) in [6.45, 7) is 3.31. The van der Waals surface area contributed by atoms with Gasteiger partial charge in [-0.15, -0.1) is 0 Å². The molecule has 0 aromatic heterocycles. The van der Waals surface area contributed by atoms with Gasteiger partial charge in [0.25, 0.3) is 0 Å². The quantitative estimate of drug-likeness (QED) is 0.701. The predicted octanol–water partition coefficient (Wildman–Crippen LogP) is 2.22. The van der Waals surface area contributed by atoms with Gasteiger partial charge < -0.3 is 5.32 Å². The van der Waals surface area contributed by atoms with E-state index in [0.717, 1.165) is 63.0 Å². The average Bonchev–Trinajstić information content (AvgIpc) is 3.19. The van der Waals surface area contributed by atoms with Crippen molar-refractivity contribution in [1.82, 2.24) is 9.62 Å². The fourth-order valence-electron chi connectivity index (χ4n) is 5.44. The summed E-state index contributed by atoms with van der Waals surface area (Å²) in [5.74, 6) is 0.749. The number of hydrogen-bond acceptors (Lipinski definition) is 4. The third-order valence-corrected chi connectivity index (χ3v) is 8.77. The molecular formula is C21H29KN3O3S. The first-order valence-corrected chi connectivity index (χ1v) is 12.2. The number of rotatable bonds is 4. The Labute approximate surface area is 216 Å². The Morgan fingerprint density at radius 1 is 1.03 bits per heavy atom. The van der Waals surface area contributed by atoms with Crippen LogP contribution in [0.25, 0.3) is 0 Å². The third-order valence-electron chi connectivity index (χ3n) is 7.13. The Morgan fingerprint density at radius 3 is 2.17 bits per heavy atom. The number of nitrogens with zero attached hydrogens (tertiary/aromatic N) is 1. The number of urea groups is 1. The fraction of sp³-hybridized carbons (Fsp3) is 0.667. The van der Waals surface area contributed by atoms with E-state index in [1.54, 1.807) is 0 Å². The molecule has 2 N–H and O–H groups in total. The first-order valence-electron chi connectivity index (χ1n) is 10.6. The molecule has 1 aromatic carbocycles. The van der Waals surface area contributed by atoms with Crippen LogP contribution in [0, 0.1) is 5.92 Å². The van der Waals surface area contributed by atoms with E-state index in [-0.39, 0.29) is 51.4 Å². The number of aryl methyl sites for hydroxylation is 2. The number of benzene rings is 1. The Morgan fingerprint density at radius 2 is 1.62 bits per heavy atom.